The van der Waals surface area contributed by atoms with Crippen LogP contribution in [0.3, 0.4) is 0 Å². The molecular weight excluding hydrogens is 514 g/mol. The van der Waals surface area contributed by atoms with Crippen molar-refractivity contribution in [2.75, 3.05) is 5.32 Å². The lowest BCUT2D eigenvalue weighted by atomic mass is 9.97. The van der Waals surface area contributed by atoms with E-state index >= 15 is 0 Å². The van der Waals surface area contributed by atoms with Crippen molar-refractivity contribution in [2.45, 2.75) is 84.5 Å². The minimum absolute atomic E-state index is 0.108. The van der Waals surface area contributed by atoms with Gasteiger partial charge in [0.2, 0.25) is 5.91 Å². The highest BCUT2D eigenvalue weighted by atomic mass is 35.5. The first-order valence-electron chi connectivity index (χ1n) is 13.4. The van der Waals surface area contributed by atoms with E-state index < -0.39 is 23.8 Å². The molecule has 1 fully saturated rings. The van der Waals surface area contributed by atoms with Gasteiger partial charge in [-0.05, 0) is 81.7 Å². The smallest absolute Gasteiger partial charge is 0.408 e. The number of ether oxygens (including phenoxy) is 1. The highest BCUT2D eigenvalue weighted by molar-refractivity contribution is 6.34. The number of hydrogen-bond donors (Lipinski definition) is 2. The van der Waals surface area contributed by atoms with Crippen molar-refractivity contribution in [2.24, 2.45) is 5.92 Å². The third-order valence-corrected chi connectivity index (χ3v) is 6.66. The Hall–Kier alpha value is -3.32. The Bertz CT molecular complexity index is 1200. The van der Waals surface area contributed by atoms with Crippen LogP contribution < -0.4 is 10.6 Å². The summed E-state index contributed by atoms with van der Waals surface area (Å²) in [5.41, 5.74) is 2.07. The standard InChI is InChI=1S/C31H40ClN3O4/c1-8-21-12-10-13-22(18-21)27(28(36)34-26-20(4)11-9-14-24(26)32)35(23-15-16-23)29(37)25(17-19(2)3)33-30(38)39-31(5,6)7/h8-14,18-19,23,25,27H,1,15-17H2,2-7H3,(H,33,38)(H,34,36). The van der Waals surface area contributed by atoms with Gasteiger partial charge in [0.1, 0.15) is 17.7 Å². The number of nitrogens with zero attached hydrogens (tertiary/aromatic N) is 1. The summed E-state index contributed by atoms with van der Waals surface area (Å²) in [4.78, 5) is 42.7. The zero-order chi connectivity index (χ0) is 28.9. The number of rotatable bonds is 10. The minimum Gasteiger partial charge on any atom is -0.444 e. The third-order valence-electron chi connectivity index (χ3n) is 6.35. The van der Waals surface area contributed by atoms with Gasteiger partial charge in [0.15, 0.2) is 0 Å². The third kappa shape index (κ3) is 8.33. The summed E-state index contributed by atoms with van der Waals surface area (Å²) in [5.74, 6) is -0.595. The molecule has 2 unspecified atom stereocenters. The molecule has 2 aromatic carbocycles. The van der Waals surface area contributed by atoms with E-state index in [1.165, 1.54) is 0 Å². The number of aryl methyl sites for hydroxylation is 1. The molecule has 0 saturated heterocycles. The van der Waals surface area contributed by atoms with Crippen molar-refractivity contribution in [3.8, 4) is 0 Å². The Morgan fingerprint density at radius 1 is 1.15 bits per heavy atom. The maximum atomic E-state index is 14.3. The van der Waals surface area contributed by atoms with Gasteiger partial charge in [-0.25, -0.2) is 4.79 Å². The van der Waals surface area contributed by atoms with Crippen LogP contribution in [0.25, 0.3) is 6.08 Å². The van der Waals surface area contributed by atoms with Gasteiger partial charge in [-0.3, -0.25) is 9.59 Å². The molecule has 7 nitrogen and oxygen atoms in total. The number of amides is 3. The van der Waals surface area contributed by atoms with Crippen LogP contribution >= 0.6 is 11.6 Å². The average molecular weight is 554 g/mol. The number of halogens is 1. The molecule has 39 heavy (non-hydrogen) atoms. The van der Waals surface area contributed by atoms with Crippen LogP contribution in [0, 0.1) is 12.8 Å². The summed E-state index contributed by atoms with van der Waals surface area (Å²) >= 11 is 6.44. The number of carbonyl (C=O) groups is 3. The second-order valence-corrected chi connectivity index (χ2v) is 11.9. The SMILES string of the molecule is C=Cc1cccc(C(C(=O)Nc2c(C)cccc2Cl)N(C(=O)C(CC(C)C)NC(=O)OC(C)(C)C)C2CC2)c1. The Kier molecular flexibility index (Phi) is 9.83. The molecule has 0 spiro atoms. The fourth-order valence-electron chi connectivity index (χ4n) is 4.47. The fourth-order valence-corrected chi connectivity index (χ4v) is 4.74. The largest absolute Gasteiger partial charge is 0.444 e. The molecule has 1 aliphatic carbocycles. The second kappa shape index (κ2) is 12.7. The van der Waals surface area contributed by atoms with Crippen LogP contribution in [0.15, 0.2) is 49.0 Å². The van der Waals surface area contributed by atoms with Gasteiger partial charge in [0.25, 0.3) is 5.91 Å². The summed E-state index contributed by atoms with van der Waals surface area (Å²) in [5, 5.41) is 6.18. The number of nitrogens with one attached hydrogen (secondary N) is 2. The van der Waals surface area contributed by atoms with Gasteiger partial charge >= 0.3 is 6.09 Å². The van der Waals surface area contributed by atoms with Crippen molar-refractivity contribution >= 4 is 41.3 Å². The van der Waals surface area contributed by atoms with Crippen LogP contribution in [0.4, 0.5) is 10.5 Å². The molecule has 210 valence electrons. The number of para-hydroxylation sites is 1. The Labute approximate surface area is 236 Å². The molecule has 8 heteroatoms. The van der Waals surface area contributed by atoms with Crippen molar-refractivity contribution < 1.29 is 19.1 Å². The van der Waals surface area contributed by atoms with Crippen LogP contribution in [0.1, 0.15) is 76.6 Å². The molecule has 2 N–H and O–H groups in total. The molecule has 0 aromatic heterocycles. The van der Waals surface area contributed by atoms with Gasteiger partial charge < -0.3 is 20.3 Å². The normalized spacial score (nSPS) is 14.8. The van der Waals surface area contributed by atoms with Crippen molar-refractivity contribution in [3.63, 3.8) is 0 Å². The van der Waals surface area contributed by atoms with E-state index in [0.717, 1.165) is 24.0 Å². The molecule has 3 rings (SSSR count). The topological polar surface area (TPSA) is 87.7 Å². The van der Waals surface area contributed by atoms with Crippen molar-refractivity contribution in [3.05, 3.63) is 70.8 Å². The molecule has 0 radical (unpaired) electrons. The molecule has 2 aromatic rings. The van der Waals surface area contributed by atoms with Crippen LogP contribution in [0.2, 0.25) is 5.02 Å². The number of alkyl carbamates (subject to hydrolysis) is 1. The lowest BCUT2D eigenvalue weighted by Crippen LogP contribution is -2.53. The summed E-state index contributed by atoms with van der Waals surface area (Å²) in [7, 11) is 0. The van der Waals surface area contributed by atoms with Crippen LogP contribution in [-0.2, 0) is 14.3 Å². The predicted octanol–water partition coefficient (Wildman–Crippen LogP) is 6.90. The molecule has 1 aliphatic rings. The van der Waals surface area contributed by atoms with Crippen molar-refractivity contribution in [1.82, 2.24) is 10.2 Å². The van der Waals surface area contributed by atoms with Gasteiger partial charge in [0, 0.05) is 6.04 Å². The van der Waals surface area contributed by atoms with E-state index in [4.69, 9.17) is 16.3 Å². The number of hydrogen-bond acceptors (Lipinski definition) is 4. The molecule has 2 atom stereocenters. The van der Waals surface area contributed by atoms with E-state index in [2.05, 4.69) is 17.2 Å². The average Bonchev–Trinajstić information content (AvgIpc) is 3.67. The summed E-state index contributed by atoms with van der Waals surface area (Å²) in [6.45, 7) is 15.0. The Morgan fingerprint density at radius 3 is 2.38 bits per heavy atom. The van der Waals surface area contributed by atoms with E-state index in [0.29, 0.717) is 22.7 Å². The highest BCUT2D eigenvalue weighted by Crippen LogP contribution is 2.37. The van der Waals surface area contributed by atoms with Gasteiger partial charge in [0.05, 0.1) is 10.7 Å². The summed E-state index contributed by atoms with van der Waals surface area (Å²) < 4.78 is 5.46. The van der Waals surface area contributed by atoms with E-state index in [1.54, 1.807) is 37.8 Å². The molecule has 0 bridgehead atoms. The zero-order valence-electron chi connectivity index (χ0n) is 23.7. The molecular formula is C31H40ClN3O4. The van der Waals surface area contributed by atoms with Gasteiger partial charge in [-0.2, -0.15) is 0 Å². The number of anilines is 1. The lowest BCUT2D eigenvalue weighted by Gasteiger charge is -2.35. The molecule has 3 amide bonds. The molecule has 0 aliphatic heterocycles. The maximum absolute atomic E-state index is 14.3. The number of benzene rings is 2. The quantitative estimate of drug-likeness (QED) is 0.335. The maximum Gasteiger partial charge on any atom is 0.408 e. The Balaban J connectivity index is 2.05. The first-order chi connectivity index (χ1) is 18.3. The minimum atomic E-state index is -0.948. The molecule has 1 saturated carbocycles. The van der Waals surface area contributed by atoms with E-state index in [-0.39, 0.29) is 23.8 Å². The number of carbonyl (C=O) groups excluding carboxylic acids is 3. The van der Waals surface area contributed by atoms with Crippen LogP contribution in [0.5, 0.6) is 0 Å². The summed E-state index contributed by atoms with van der Waals surface area (Å²) in [6.07, 6.45) is 2.96. The Morgan fingerprint density at radius 2 is 1.82 bits per heavy atom. The van der Waals surface area contributed by atoms with Crippen molar-refractivity contribution in [1.29, 1.82) is 0 Å². The van der Waals surface area contributed by atoms with Gasteiger partial charge in [-0.1, -0.05) is 68.4 Å². The van der Waals surface area contributed by atoms with Crippen LogP contribution in [-0.4, -0.2) is 40.5 Å². The zero-order valence-corrected chi connectivity index (χ0v) is 24.5. The highest BCUT2D eigenvalue weighted by Gasteiger charge is 2.44. The molecule has 0 heterocycles. The van der Waals surface area contributed by atoms with E-state index in [1.807, 2.05) is 57.2 Å². The summed E-state index contributed by atoms with van der Waals surface area (Å²) in [6, 6.07) is 10.9. The van der Waals surface area contributed by atoms with Gasteiger partial charge in [-0.15, -0.1) is 0 Å². The monoisotopic (exact) mass is 553 g/mol. The lowest BCUT2D eigenvalue weighted by molar-refractivity contribution is -0.141. The van der Waals surface area contributed by atoms with E-state index in [9.17, 15) is 14.4 Å². The fraction of sp³-hybridized carbons (Fsp3) is 0.452. The first-order valence-corrected chi connectivity index (χ1v) is 13.8. The second-order valence-electron chi connectivity index (χ2n) is 11.5. The first kappa shape index (κ1) is 30.2. The predicted molar refractivity (Wildman–Crippen MR) is 157 cm³/mol.